The number of anilines is 1. The van der Waals surface area contributed by atoms with Gasteiger partial charge in [0.05, 0.1) is 36.6 Å². The number of nitrogens with one attached hydrogen (secondary N) is 1. The van der Waals surface area contributed by atoms with E-state index in [0.717, 1.165) is 6.20 Å². The average molecular weight is 470 g/mol. The van der Waals surface area contributed by atoms with Crippen LogP contribution in [0.4, 0.5) is 18.9 Å². The number of imidazole rings is 1. The van der Waals surface area contributed by atoms with Crippen LogP contribution >= 0.6 is 0 Å². The molecule has 1 aromatic carbocycles. The van der Waals surface area contributed by atoms with Gasteiger partial charge in [0, 0.05) is 11.3 Å². The van der Waals surface area contributed by atoms with Gasteiger partial charge in [-0.2, -0.15) is 0 Å². The quantitative estimate of drug-likeness (QED) is 0.379. The molecule has 3 atom stereocenters. The maximum Gasteiger partial charge on any atom is 0.219 e. The van der Waals surface area contributed by atoms with Gasteiger partial charge >= 0.3 is 0 Å². The Morgan fingerprint density at radius 2 is 1.94 bits per heavy atom. The Kier molecular flexibility index (Phi) is 5.84. The van der Waals surface area contributed by atoms with Crippen LogP contribution in [0.25, 0.3) is 22.7 Å². The molecule has 3 aromatic heterocycles. The summed E-state index contributed by atoms with van der Waals surface area (Å²) in [4.78, 5) is 8.30. The van der Waals surface area contributed by atoms with Gasteiger partial charge < -0.3 is 24.1 Å². The maximum absolute atomic E-state index is 14.4. The Balaban J connectivity index is 1.52. The summed E-state index contributed by atoms with van der Waals surface area (Å²) in [5.41, 5.74) is 2.16. The highest BCUT2D eigenvalue weighted by molar-refractivity contribution is 5.76. The van der Waals surface area contributed by atoms with Crippen molar-refractivity contribution < 1.29 is 27.4 Å². The Bertz CT molecular complexity index is 1310. The van der Waals surface area contributed by atoms with E-state index in [2.05, 4.69) is 15.3 Å². The van der Waals surface area contributed by atoms with Gasteiger partial charge in [0.1, 0.15) is 11.5 Å². The van der Waals surface area contributed by atoms with Crippen LogP contribution in [0.2, 0.25) is 0 Å². The van der Waals surface area contributed by atoms with E-state index < -0.39 is 30.3 Å². The molecule has 3 unspecified atom stereocenters. The Labute approximate surface area is 192 Å². The van der Waals surface area contributed by atoms with Crippen LogP contribution in [-0.2, 0) is 4.74 Å². The van der Waals surface area contributed by atoms with Gasteiger partial charge in [0.15, 0.2) is 23.6 Å². The van der Waals surface area contributed by atoms with Crippen LogP contribution in [0.15, 0.2) is 59.4 Å². The summed E-state index contributed by atoms with van der Waals surface area (Å²) in [7, 11) is 0. The first-order valence-electron chi connectivity index (χ1n) is 10.7. The molecule has 0 aliphatic carbocycles. The minimum atomic E-state index is -1.52. The zero-order valence-corrected chi connectivity index (χ0v) is 18.1. The molecule has 34 heavy (non-hydrogen) atoms. The molecule has 1 saturated heterocycles. The van der Waals surface area contributed by atoms with Crippen LogP contribution in [0.5, 0.6) is 0 Å². The predicted molar refractivity (Wildman–Crippen MR) is 117 cm³/mol. The first-order chi connectivity index (χ1) is 16.4. The summed E-state index contributed by atoms with van der Waals surface area (Å²) in [6.07, 6.45) is 0.105. The number of alkyl halides is 1. The van der Waals surface area contributed by atoms with Gasteiger partial charge in [-0.1, -0.05) is 0 Å². The van der Waals surface area contributed by atoms with Crippen molar-refractivity contribution in [1.29, 1.82) is 0 Å². The number of ether oxygens (including phenoxy) is 1. The van der Waals surface area contributed by atoms with E-state index in [9.17, 15) is 18.3 Å². The van der Waals surface area contributed by atoms with Crippen molar-refractivity contribution in [2.45, 2.75) is 32.0 Å². The normalized spacial score (nSPS) is 18.9. The molecule has 176 valence electrons. The number of aliphatic hydroxyl groups is 1. The van der Waals surface area contributed by atoms with E-state index >= 15 is 0 Å². The van der Waals surface area contributed by atoms with Crippen LogP contribution in [0, 0.1) is 18.6 Å². The van der Waals surface area contributed by atoms with Crippen molar-refractivity contribution in [1.82, 2.24) is 14.5 Å². The monoisotopic (exact) mass is 470 g/mol. The van der Waals surface area contributed by atoms with Gasteiger partial charge in [0.25, 0.3) is 0 Å². The second-order valence-electron chi connectivity index (χ2n) is 7.99. The van der Waals surface area contributed by atoms with E-state index in [1.165, 1.54) is 30.6 Å². The minimum Gasteiger partial charge on any atom is -0.455 e. The molecular weight excluding hydrogens is 449 g/mol. The summed E-state index contributed by atoms with van der Waals surface area (Å²) in [5, 5.41) is 13.3. The van der Waals surface area contributed by atoms with Gasteiger partial charge in [-0.3, -0.25) is 4.98 Å². The van der Waals surface area contributed by atoms with Gasteiger partial charge in [-0.25, -0.2) is 18.2 Å². The molecule has 1 aliphatic rings. The second kappa shape index (κ2) is 8.96. The fraction of sp³-hybridized carbons (Fsp3) is 0.250. The fourth-order valence-corrected chi connectivity index (χ4v) is 3.98. The number of hydrogen-bond donors (Lipinski definition) is 2. The summed E-state index contributed by atoms with van der Waals surface area (Å²) < 4.78 is 54.6. The van der Waals surface area contributed by atoms with Gasteiger partial charge in [-0.05, 0) is 55.8 Å². The highest BCUT2D eigenvalue weighted by Gasteiger charge is 2.33. The molecule has 1 aliphatic heterocycles. The molecule has 4 aromatic rings. The number of aliphatic hydroxyl groups excluding tert-OH is 1. The number of hydrogen-bond acceptors (Lipinski definition) is 6. The molecule has 0 radical (unpaired) electrons. The lowest BCUT2D eigenvalue weighted by Gasteiger charge is -2.16. The third-order valence-corrected chi connectivity index (χ3v) is 5.68. The summed E-state index contributed by atoms with van der Waals surface area (Å²) in [6.45, 7) is 1.96. The number of halogens is 3. The molecule has 0 bridgehead atoms. The first kappa shape index (κ1) is 22.2. The molecule has 0 spiro atoms. The van der Waals surface area contributed by atoms with Crippen molar-refractivity contribution in [2.75, 3.05) is 11.9 Å². The standard InChI is InChI=1S/C24H21F3N4O3/c1-13-10-17(16(26)11-28-13)30-24(32)20-7-6-19(34-20)22-21(14-2-4-15(25)5-3-14)29-12-31(22)18-8-9-33-23(18)27/h2-7,10-12,18,23-24,32H,8-9H2,1H3,(H,28,30). The Morgan fingerprint density at radius 3 is 2.68 bits per heavy atom. The van der Waals surface area contributed by atoms with Gasteiger partial charge in [-0.15, -0.1) is 0 Å². The van der Waals surface area contributed by atoms with Crippen molar-refractivity contribution in [2.24, 2.45) is 0 Å². The number of pyridine rings is 1. The summed E-state index contributed by atoms with van der Waals surface area (Å²) >= 11 is 0. The molecule has 10 heteroatoms. The van der Waals surface area contributed by atoms with E-state index in [-0.39, 0.29) is 18.1 Å². The lowest BCUT2D eigenvalue weighted by atomic mass is 10.1. The first-order valence-corrected chi connectivity index (χ1v) is 10.7. The maximum atomic E-state index is 14.4. The summed E-state index contributed by atoms with van der Waals surface area (Å²) in [6, 6.07) is 9.73. The zero-order valence-electron chi connectivity index (χ0n) is 18.1. The molecule has 4 heterocycles. The third-order valence-electron chi connectivity index (χ3n) is 5.68. The van der Waals surface area contributed by atoms with E-state index in [1.54, 1.807) is 29.7 Å². The highest BCUT2D eigenvalue weighted by Crippen LogP contribution is 2.39. The summed E-state index contributed by atoms with van der Waals surface area (Å²) in [5.74, 6) is -0.603. The Hall–Kier alpha value is -3.63. The largest absolute Gasteiger partial charge is 0.455 e. The lowest BCUT2D eigenvalue weighted by Crippen LogP contribution is -2.15. The van der Waals surface area contributed by atoms with Crippen molar-refractivity contribution in [3.05, 3.63) is 78.1 Å². The molecule has 2 N–H and O–H groups in total. The molecular formula is C24H21F3N4O3. The molecule has 1 fully saturated rings. The van der Waals surface area contributed by atoms with Crippen molar-refractivity contribution >= 4 is 5.69 Å². The number of furan rings is 1. The van der Waals surface area contributed by atoms with Crippen LogP contribution in [0.1, 0.15) is 30.1 Å². The fourth-order valence-electron chi connectivity index (χ4n) is 3.98. The second-order valence-corrected chi connectivity index (χ2v) is 7.99. The van der Waals surface area contributed by atoms with Crippen LogP contribution < -0.4 is 5.32 Å². The molecule has 0 amide bonds. The topological polar surface area (TPSA) is 85.3 Å². The van der Waals surface area contributed by atoms with Crippen LogP contribution in [-0.4, -0.2) is 32.6 Å². The van der Waals surface area contributed by atoms with Crippen LogP contribution in [0.3, 0.4) is 0 Å². The average Bonchev–Trinajstić information content (AvgIpc) is 3.55. The lowest BCUT2D eigenvalue weighted by molar-refractivity contribution is -0.0110. The van der Waals surface area contributed by atoms with E-state index in [0.29, 0.717) is 34.8 Å². The molecule has 7 nitrogen and oxygen atoms in total. The zero-order chi connectivity index (χ0) is 23.8. The number of aryl methyl sites for hydroxylation is 1. The molecule has 5 rings (SSSR count). The SMILES string of the molecule is Cc1cc(NC(O)c2ccc(-c3c(-c4ccc(F)cc4)ncn3C3CCOC3F)o2)c(F)cn1. The highest BCUT2D eigenvalue weighted by atomic mass is 19.1. The van der Waals surface area contributed by atoms with E-state index in [4.69, 9.17) is 9.15 Å². The molecule has 0 saturated carbocycles. The Morgan fingerprint density at radius 1 is 1.15 bits per heavy atom. The third kappa shape index (κ3) is 4.17. The number of nitrogens with zero attached hydrogens (tertiary/aromatic N) is 3. The predicted octanol–water partition coefficient (Wildman–Crippen LogP) is 5.15. The van der Waals surface area contributed by atoms with E-state index in [1.807, 2.05) is 0 Å². The number of rotatable bonds is 6. The minimum absolute atomic E-state index is 0.0679. The number of benzene rings is 1. The van der Waals surface area contributed by atoms with Crippen molar-refractivity contribution in [3.8, 4) is 22.7 Å². The van der Waals surface area contributed by atoms with Gasteiger partial charge in [0.2, 0.25) is 6.36 Å². The number of aromatic nitrogens is 3. The van der Waals surface area contributed by atoms with Crippen molar-refractivity contribution in [3.63, 3.8) is 0 Å². The smallest absolute Gasteiger partial charge is 0.219 e.